The van der Waals surface area contributed by atoms with Crippen molar-refractivity contribution in [3.05, 3.63) is 23.8 Å². The minimum absolute atomic E-state index is 0.0832. The smallest absolute Gasteiger partial charge is 0.309 e. The van der Waals surface area contributed by atoms with Crippen molar-refractivity contribution in [2.75, 3.05) is 13.7 Å². The van der Waals surface area contributed by atoms with Gasteiger partial charge >= 0.3 is 5.97 Å². The van der Waals surface area contributed by atoms with Crippen molar-refractivity contribution in [1.82, 2.24) is 0 Å². The van der Waals surface area contributed by atoms with Crippen molar-refractivity contribution in [3.8, 4) is 11.5 Å². The first kappa shape index (κ1) is 15.3. The van der Waals surface area contributed by atoms with Crippen LogP contribution in [0.2, 0.25) is 0 Å². The van der Waals surface area contributed by atoms with Gasteiger partial charge in [-0.15, -0.1) is 0 Å². The molecule has 0 aromatic heterocycles. The molecule has 0 bridgehead atoms. The highest BCUT2D eigenvalue weighted by Crippen LogP contribution is 2.22. The van der Waals surface area contributed by atoms with E-state index in [4.69, 9.17) is 4.74 Å². The van der Waals surface area contributed by atoms with Gasteiger partial charge < -0.3 is 14.6 Å². The van der Waals surface area contributed by atoms with Crippen LogP contribution in [0.15, 0.2) is 18.2 Å². The van der Waals surface area contributed by atoms with Gasteiger partial charge in [-0.05, 0) is 24.6 Å². The van der Waals surface area contributed by atoms with Crippen molar-refractivity contribution in [2.45, 2.75) is 27.2 Å². The maximum Gasteiger partial charge on any atom is 0.309 e. The second-order valence-corrected chi connectivity index (χ2v) is 3.02. The predicted octanol–water partition coefficient (Wildman–Crippen LogP) is 2.53. The van der Waals surface area contributed by atoms with Gasteiger partial charge in [0.25, 0.3) is 0 Å². The van der Waals surface area contributed by atoms with Gasteiger partial charge in [0.2, 0.25) is 0 Å². The zero-order chi connectivity index (χ0) is 13.3. The Balaban J connectivity index is 0.00000121. The molecule has 0 aliphatic heterocycles. The summed E-state index contributed by atoms with van der Waals surface area (Å²) >= 11 is 0. The summed E-state index contributed by atoms with van der Waals surface area (Å²) < 4.78 is 9.76. The van der Waals surface area contributed by atoms with E-state index in [0.29, 0.717) is 17.9 Å². The Hall–Kier alpha value is -1.71. The molecule has 0 atom stereocenters. The first-order chi connectivity index (χ1) is 8.15. The number of esters is 1. The van der Waals surface area contributed by atoms with Crippen LogP contribution in [0.1, 0.15) is 26.3 Å². The standard InChI is InChI=1S/C11H14O4.C2H6/c1-3-15-10-5-8(4-9(12)7-10)6-11(13)14-2;1-2/h4-5,7,12H,3,6H2,1-2H3;1-2H3. The van der Waals surface area contributed by atoms with Gasteiger partial charge in [0.05, 0.1) is 20.1 Å². The van der Waals surface area contributed by atoms with Crippen molar-refractivity contribution >= 4 is 5.97 Å². The number of methoxy groups -OCH3 is 1. The normalized spacial score (nSPS) is 8.94. The lowest BCUT2D eigenvalue weighted by Gasteiger charge is -2.06. The number of phenols is 1. The van der Waals surface area contributed by atoms with E-state index in [0.717, 1.165) is 0 Å². The van der Waals surface area contributed by atoms with E-state index in [1.165, 1.54) is 19.2 Å². The molecule has 0 fully saturated rings. The lowest BCUT2D eigenvalue weighted by Crippen LogP contribution is -2.04. The minimum atomic E-state index is -0.344. The third-order valence-corrected chi connectivity index (χ3v) is 1.84. The number of phenolic OH excluding ortho intramolecular Hbond substituents is 1. The summed E-state index contributed by atoms with van der Waals surface area (Å²) in [6.45, 7) is 6.37. The Bertz CT molecular complexity index is 347. The molecule has 4 nitrogen and oxygen atoms in total. The second kappa shape index (κ2) is 8.44. The quantitative estimate of drug-likeness (QED) is 0.822. The number of carbonyl (C=O) groups is 1. The first-order valence-electron chi connectivity index (χ1n) is 5.68. The van der Waals surface area contributed by atoms with E-state index < -0.39 is 0 Å². The highest BCUT2D eigenvalue weighted by molar-refractivity contribution is 5.72. The third-order valence-electron chi connectivity index (χ3n) is 1.84. The Morgan fingerprint density at radius 2 is 1.94 bits per heavy atom. The fourth-order valence-electron chi connectivity index (χ4n) is 1.23. The van der Waals surface area contributed by atoms with Crippen LogP contribution in [0.5, 0.6) is 11.5 Å². The Morgan fingerprint density at radius 1 is 1.29 bits per heavy atom. The topological polar surface area (TPSA) is 55.8 Å². The fraction of sp³-hybridized carbons (Fsp3) is 0.462. The molecular formula is C13H20O4. The molecule has 0 radical (unpaired) electrons. The molecule has 0 saturated heterocycles. The largest absolute Gasteiger partial charge is 0.508 e. The maximum absolute atomic E-state index is 11.0. The SMILES string of the molecule is CC.CCOc1cc(O)cc(CC(=O)OC)c1. The summed E-state index contributed by atoms with van der Waals surface area (Å²) in [6.07, 6.45) is 0.130. The van der Waals surface area contributed by atoms with E-state index in [1.54, 1.807) is 6.07 Å². The number of aromatic hydroxyl groups is 1. The van der Waals surface area contributed by atoms with Crippen LogP contribution < -0.4 is 4.74 Å². The predicted molar refractivity (Wildman–Crippen MR) is 66.3 cm³/mol. The Labute approximate surface area is 102 Å². The molecule has 1 aromatic carbocycles. The van der Waals surface area contributed by atoms with E-state index in [1.807, 2.05) is 20.8 Å². The number of ether oxygens (including phenoxy) is 2. The zero-order valence-corrected chi connectivity index (χ0v) is 10.8. The molecule has 0 heterocycles. The summed E-state index contributed by atoms with van der Waals surface area (Å²) in [5, 5.41) is 9.37. The van der Waals surface area contributed by atoms with Gasteiger partial charge in [-0.2, -0.15) is 0 Å². The molecule has 96 valence electrons. The van der Waals surface area contributed by atoms with Crippen molar-refractivity contribution in [1.29, 1.82) is 0 Å². The van der Waals surface area contributed by atoms with Crippen LogP contribution in [-0.2, 0) is 16.0 Å². The molecule has 17 heavy (non-hydrogen) atoms. The molecule has 4 heteroatoms. The van der Waals surface area contributed by atoms with Crippen LogP contribution in [-0.4, -0.2) is 24.8 Å². The van der Waals surface area contributed by atoms with Crippen LogP contribution in [0, 0.1) is 0 Å². The zero-order valence-electron chi connectivity index (χ0n) is 10.8. The summed E-state index contributed by atoms with van der Waals surface area (Å²) in [5.74, 6) is 0.291. The van der Waals surface area contributed by atoms with Crippen molar-refractivity contribution < 1.29 is 19.4 Å². The number of benzene rings is 1. The minimum Gasteiger partial charge on any atom is -0.508 e. The molecule has 1 aromatic rings. The van der Waals surface area contributed by atoms with E-state index in [2.05, 4.69) is 4.74 Å². The van der Waals surface area contributed by atoms with Crippen LogP contribution in [0.4, 0.5) is 0 Å². The van der Waals surface area contributed by atoms with Crippen LogP contribution in [0.3, 0.4) is 0 Å². The number of rotatable bonds is 4. The lowest BCUT2D eigenvalue weighted by atomic mass is 10.1. The molecule has 0 spiro atoms. The fourth-order valence-corrected chi connectivity index (χ4v) is 1.23. The molecular weight excluding hydrogens is 220 g/mol. The van der Waals surface area contributed by atoms with E-state index in [9.17, 15) is 9.90 Å². The maximum atomic E-state index is 11.0. The van der Waals surface area contributed by atoms with Gasteiger partial charge in [-0.3, -0.25) is 4.79 Å². The monoisotopic (exact) mass is 240 g/mol. The molecule has 1 rings (SSSR count). The second-order valence-electron chi connectivity index (χ2n) is 3.02. The molecule has 1 N–H and O–H groups in total. The highest BCUT2D eigenvalue weighted by atomic mass is 16.5. The summed E-state index contributed by atoms with van der Waals surface area (Å²) in [5.41, 5.74) is 0.672. The van der Waals surface area contributed by atoms with Crippen LogP contribution in [0.25, 0.3) is 0 Å². The molecule has 0 unspecified atom stereocenters. The summed E-state index contributed by atoms with van der Waals surface area (Å²) in [4.78, 5) is 11.0. The molecule has 0 amide bonds. The summed E-state index contributed by atoms with van der Waals surface area (Å²) in [7, 11) is 1.33. The van der Waals surface area contributed by atoms with Gasteiger partial charge in [-0.25, -0.2) is 0 Å². The lowest BCUT2D eigenvalue weighted by molar-refractivity contribution is -0.139. The Morgan fingerprint density at radius 3 is 2.47 bits per heavy atom. The average molecular weight is 240 g/mol. The number of hydrogen-bond acceptors (Lipinski definition) is 4. The third kappa shape index (κ3) is 5.80. The van der Waals surface area contributed by atoms with Crippen LogP contribution >= 0.6 is 0 Å². The molecule has 0 aliphatic carbocycles. The molecule has 0 saturated carbocycles. The number of carbonyl (C=O) groups excluding carboxylic acids is 1. The average Bonchev–Trinajstić information content (AvgIpc) is 2.31. The van der Waals surface area contributed by atoms with Gasteiger partial charge in [-0.1, -0.05) is 13.8 Å². The van der Waals surface area contributed by atoms with Crippen molar-refractivity contribution in [3.63, 3.8) is 0 Å². The van der Waals surface area contributed by atoms with Gasteiger partial charge in [0, 0.05) is 6.07 Å². The summed E-state index contributed by atoms with van der Waals surface area (Å²) in [6, 6.07) is 4.73. The van der Waals surface area contributed by atoms with Gasteiger partial charge in [0.1, 0.15) is 11.5 Å². The van der Waals surface area contributed by atoms with Crippen molar-refractivity contribution in [2.24, 2.45) is 0 Å². The highest BCUT2D eigenvalue weighted by Gasteiger charge is 2.06. The molecule has 0 aliphatic rings. The number of hydrogen-bond donors (Lipinski definition) is 1. The Kier molecular flexibility index (Phi) is 7.59. The van der Waals surface area contributed by atoms with Gasteiger partial charge in [0.15, 0.2) is 0 Å². The first-order valence-corrected chi connectivity index (χ1v) is 5.68. The van der Waals surface area contributed by atoms with E-state index in [-0.39, 0.29) is 18.1 Å². The van der Waals surface area contributed by atoms with E-state index >= 15 is 0 Å².